The fourth-order valence-electron chi connectivity index (χ4n) is 3.80. The lowest BCUT2D eigenvalue weighted by molar-refractivity contribution is -0.117. The largest absolute Gasteiger partial charge is 0.312 e. The van der Waals surface area contributed by atoms with Crippen molar-refractivity contribution in [3.05, 3.63) is 64.4 Å². The fourth-order valence-corrected chi connectivity index (χ4v) is 4.72. The van der Waals surface area contributed by atoms with Crippen LogP contribution in [0.4, 0.5) is 5.69 Å². The van der Waals surface area contributed by atoms with E-state index < -0.39 is 0 Å². The number of nitrogens with zero attached hydrogens (tertiary/aromatic N) is 3. The molecule has 0 aliphatic carbocycles. The topological polar surface area (TPSA) is 72.3 Å². The van der Waals surface area contributed by atoms with E-state index in [1.165, 1.54) is 11.8 Å². The van der Waals surface area contributed by atoms with E-state index in [1.54, 1.807) is 27.7 Å². The van der Waals surface area contributed by atoms with Crippen LogP contribution in [-0.2, 0) is 11.3 Å². The number of carbonyl (C=O) groups is 2. The van der Waals surface area contributed by atoms with Gasteiger partial charge in [-0.25, -0.2) is 4.98 Å². The van der Waals surface area contributed by atoms with Gasteiger partial charge in [0.25, 0.3) is 5.56 Å². The molecule has 1 aromatic heterocycles. The van der Waals surface area contributed by atoms with Gasteiger partial charge in [0.05, 0.1) is 16.7 Å². The Morgan fingerprint density at radius 3 is 2.53 bits per heavy atom. The second-order valence-electron chi connectivity index (χ2n) is 8.46. The van der Waals surface area contributed by atoms with Crippen LogP contribution in [0.2, 0.25) is 0 Å². The van der Waals surface area contributed by atoms with Crippen LogP contribution >= 0.6 is 11.8 Å². The number of amides is 1. The summed E-state index contributed by atoms with van der Waals surface area (Å²) >= 11 is 1.30. The van der Waals surface area contributed by atoms with Gasteiger partial charge in [0, 0.05) is 30.8 Å². The summed E-state index contributed by atoms with van der Waals surface area (Å²) in [6.07, 6.45) is 2.31. The van der Waals surface area contributed by atoms with Gasteiger partial charge in [0.1, 0.15) is 0 Å². The molecule has 1 aliphatic rings. The minimum absolute atomic E-state index is 0.0351. The van der Waals surface area contributed by atoms with E-state index in [9.17, 15) is 14.4 Å². The first-order chi connectivity index (χ1) is 15.4. The Morgan fingerprint density at radius 1 is 1.09 bits per heavy atom. The Morgan fingerprint density at radius 2 is 1.84 bits per heavy atom. The van der Waals surface area contributed by atoms with Crippen molar-refractivity contribution in [3.63, 3.8) is 0 Å². The lowest BCUT2D eigenvalue weighted by Crippen LogP contribution is -2.24. The van der Waals surface area contributed by atoms with Crippen LogP contribution in [0.15, 0.2) is 58.5 Å². The SMILES string of the molecule is CC(C)CCn1c(SCC(=O)c2ccc(N3CCCC3=O)cc2)nc2ccccc2c1=O. The summed E-state index contributed by atoms with van der Waals surface area (Å²) in [7, 11) is 0. The van der Waals surface area contributed by atoms with Gasteiger partial charge in [-0.15, -0.1) is 0 Å². The van der Waals surface area contributed by atoms with E-state index in [2.05, 4.69) is 18.8 Å². The number of benzene rings is 2. The molecule has 166 valence electrons. The third-order valence-electron chi connectivity index (χ3n) is 5.66. The highest BCUT2D eigenvalue weighted by atomic mass is 32.2. The van der Waals surface area contributed by atoms with Crippen molar-refractivity contribution < 1.29 is 9.59 Å². The number of para-hydroxylation sites is 1. The average Bonchev–Trinajstić information content (AvgIpc) is 3.22. The third kappa shape index (κ3) is 4.78. The molecule has 2 heterocycles. The summed E-state index contributed by atoms with van der Waals surface area (Å²) in [5, 5.41) is 1.17. The summed E-state index contributed by atoms with van der Waals surface area (Å²) in [6.45, 7) is 5.54. The van der Waals surface area contributed by atoms with E-state index in [-0.39, 0.29) is 23.0 Å². The van der Waals surface area contributed by atoms with Crippen molar-refractivity contribution in [2.75, 3.05) is 17.2 Å². The Labute approximate surface area is 191 Å². The molecule has 3 aromatic rings. The van der Waals surface area contributed by atoms with E-state index >= 15 is 0 Å². The Hall–Kier alpha value is -2.93. The maximum absolute atomic E-state index is 13.1. The predicted molar refractivity (Wildman–Crippen MR) is 129 cm³/mol. The number of hydrogen-bond donors (Lipinski definition) is 0. The molecule has 6 nitrogen and oxygen atoms in total. The predicted octanol–water partition coefficient (Wildman–Crippen LogP) is 4.54. The normalized spacial score (nSPS) is 14.0. The van der Waals surface area contributed by atoms with Crippen molar-refractivity contribution in [2.45, 2.75) is 44.8 Å². The first-order valence-corrected chi connectivity index (χ1v) is 12.0. The molecule has 0 saturated carbocycles. The molecule has 0 radical (unpaired) electrons. The molecule has 32 heavy (non-hydrogen) atoms. The second-order valence-corrected chi connectivity index (χ2v) is 9.40. The summed E-state index contributed by atoms with van der Waals surface area (Å²) in [4.78, 5) is 44.2. The van der Waals surface area contributed by atoms with Crippen molar-refractivity contribution in [1.82, 2.24) is 9.55 Å². The summed E-state index contributed by atoms with van der Waals surface area (Å²) in [6, 6.07) is 14.5. The molecule has 0 N–H and O–H groups in total. The number of hydrogen-bond acceptors (Lipinski definition) is 5. The molecule has 1 fully saturated rings. The van der Waals surface area contributed by atoms with Gasteiger partial charge < -0.3 is 4.90 Å². The molecule has 4 rings (SSSR count). The number of thioether (sulfide) groups is 1. The van der Waals surface area contributed by atoms with Gasteiger partial charge in [0.2, 0.25) is 5.91 Å². The summed E-state index contributed by atoms with van der Waals surface area (Å²) in [5.74, 6) is 0.733. The Kier molecular flexibility index (Phi) is 6.74. The molecular formula is C25H27N3O3S. The maximum Gasteiger partial charge on any atom is 0.262 e. The van der Waals surface area contributed by atoms with Crippen LogP contribution in [0, 0.1) is 5.92 Å². The van der Waals surface area contributed by atoms with Crippen molar-refractivity contribution in [1.29, 1.82) is 0 Å². The molecule has 0 atom stereocenters. The van der Waals surface area contributed by atoms with Gasteiger partial charge >= 0.3 is 0 Å². The molecule has 1 amide bonds. The first-order valence-electron chi connectivity index (χ1n) is 11.0. The lowest BCUT2D eigenvalue weighted by atomic mass is 10.1. The Balaban J connectivity index is 1.52. The number of aromatic nitrogens is 2. The zero-order chi connectivity index (χ0) is 22.7. The first kappa shape index (κ1) is 22.3. The van der Waals surface area contributed by atoms with Gasteiger partial charge in [-0.05, 0) is 55.2 Å². The zero-order valence-corrected chi connectivity index (χ0v) is 19.2. The molecule has 1 aliphatic heterocycles. The van der Waals surface area contributed by atoms with Crippen molar-refractivity contribution >= 4 is 40.0 Å². The van der Waals surface area contributed by atoms with E-state index in [0.29, 0.717) is 40.5 Å². The minimum atomic E-state index is -0.0640. The number of carbonyl (C=O) groups excluding carboxylic acids is 2. The Bertz CT molecular complexity index is 1200. The maximum atomic E-state index is 13.1. The second kappa shape index (κ2) is 9.69. The molecule has 0 bridgehead atoms. The smallest absolute Gasteiger partial charge is 0.262 e. The van der Waals surface area contributed by atoms with E-state index in [4.69, 9.17) is 0 Å². The van der Waals surface area contributed by atoms with Crippen LogP contribution in [0.5, 0.6) is 0 Å². The molecule has 0 unspecified atom stereocenters. The average molecular weight is 450 g/mol. The van der Waals surface area contributed by atoms with Gasteiger partial charge in [-0.1, -0.05) is 37.7 Å². The number of Topliss-reactive ketones (excluding diaryl/α,β-unsaturated/α-hetero) is 1. The fraction of sp³-hybridized carbons (Fsp3) is 0.360. The molecule has 7 heteroatoms. The number of ketones is 1. The molecule has 1 saturated heterocycles. The number of anilines is 1. The summed E-state index contributed by atoms with van der Waals surface area (Å²) < 4.78 is 1.70. The van der Waals surface area contributed by atoms with Gasteiger partial charge in [-0.2, -0.15) is 0 Å². The van der Waals surface area contributed by atoms with Crippen LogP contribution in [-0.4, -0.2) is 33.5 Å². The van der Waals surface area contributed by atoms with Gasteiger partial charge in [0.15, 0.2) is 10.9 Å². The highest BCUT2D eigenvalue weighted by Gasteiger charge is 2.22. The highest BCUT2D eigenvalue weighted by Crippen LogP contribution is 2.24. The third-order valence-corrected chi connectivity index (χ3v) is 6.64. The van der Waals surface area contributed by atoms with E-state index in [0.717, 1.165) is 25.1 Å². The molecule has 0 spiro atoms. The molecular weight excluding hydrogens is 422 g/mol. The minimum Gasteiger partial charge on any atom is -0.312 e. The van der Waals surface area contributed by atoms with Gasteiger partial charge in [-0.3, -0.25) is 19.0 Å². The zero-order valence-electron chi connectivity index (χ0n) is 18.4. The number of fused-ring (bicyclic) bond motifs is 1. The molecule has 2 aromatic carbocycles. The quantitative estimate of drug-likeness (QED) is 0.287. The number of rotatable bonds is 8. The van der Waals surface area contributed by atoms with Crippen LogP contribution in [0.1, 0.15) is 43.5 Å². The van der Waals surface area contributed by atoms with Crippen molar-refractivity contribution in [2.24, 2.45) is 5.92 Å². The van der Waals surface area contributed by atoms with E-state index in [1.807, 2.05) is 30.3 Å². The highest BCUT2D eigenvalue weighted by molar-refractivity contribution is 7.99. The summed E-state index contributed by atoms with van der Waals surface area (Å²) in [5.41, 5.74) is 2.00. The lowest BCUT2D eigenvalue weighted by Gasteiger charge is -2.16. The monoisotopic (exact) mass is 449 g/mol. The standard InChI is InChI=1S/C25H27N3O3S/c1-17(2)13-15-28-24(31)20-6-3-4-7-21(20)26-25(28)32-16-22(29)18-9-11-19(12-10-18)27-14-5-8-23(27)30/h3-4,6-7,9-12,17H,5,8,13-16H2,1-2H3. The van der Waals surface area contributed by atoms with Crippen molar-refractivity contribution in [3.8, 4) is 0 Å². The van der Waals surface area contributed by atoms with Crippen LogP contribution < -0.4 is 10.5 Å². The van der Waals surface area contributed by atoms with Crippen LogP contribution in [0.25, 0.3) is 10.9 Å². The van der Waals surface area contributed by atoms with Crippen LogP contribution in [0.3, 0.4) is 0 Å².